The molecule has 20 nitrogen and oxygen atoms in total. The second kappa shape index (κ2) is 26.9. The van der Waals surface area contributed by atoms with Gasteiger partial charge in [-0.15, -0.1) is 0 Å². The standard InChI is InChI=1S/C25H25N5O4.C17H21N5O2.C9H9BrO2.C2H4O2/c1-15-9-21(34-14-25(2,3)24(31)32)26-12-19(15)17-10-27-22(28-11-17)23-29-13-20(30-23)16-5-7-18(33-4)8-6-16;1-10-5-14(24-9-17(3,4)11(2)23)20-8-13(10)12-6-21-16(15(18)19)22-7-12;10-5-9(12)8-3-1-7(6-11)2-4-8;1-2(3)4/h5-13H,14H2,1-4H3,(H,29,30)(H,31,32);5-8H,9H2,1-4H3,(H3,18,19);1-4,11H,5-6H2;1H3,(H,3,4). The number of nitrogens with one attached hydrogen (secondary N) is 2. The van der Waals surface area contributed by atoms with Crippen molar-refractivity contribution in [3.63, 3.8) is 0 Å². The number of methoxy groups -OCH3 is 1. The van der Waals surface area contributed by atoms with Crippen molar-refractivity contribution >= 4 is 45.3 Å². The van der Waals surface area contributed by atoms with E-state index in [1.165, 1.54) is 0 Å². The van der Waals surface area contributed by atoms with E-state index in [-0.39, 0.29) is 43.0 Å². The zero-order chi connectivity index (χ0) is 54.8. The van der Waals surface area contributed by atoms with E-state index in [9.17, 15) is 19.5 Å². The number of nitrogens with zero attached hydrogens (tertiary/aromatic N) is 7. The number of carboxylic acids is 2. The number of aliphatic hydroxyl groups excluding tert-OH is 1. The van der Waals surface area contributed by atoms with Gasteiger partial charge in [-0.05, 0) is 95.0 Å². The number of nitrogens with two attached hydrogens (primary N) is 1. The van der Waals surface area contributed by atoms with E-state index in [2.05, 4.69) is 55.8 Å². The monoisotopic (exact) mass is 1070 g/mol. The van der Waals surface area contributed by atoms with Crippen LogP contribution in [-0.4, -0.2) is 110 Å². The molecule has 7 aromatic rings. The number of aromatic amines is 1. The number of Topliss-reactive ketones (excluding diaryl/α,β-unsaturated/α-hetero) is 2. The van der Waals surface area contributed by atoms with Gasteiger partial charge in [-0.25, -0.2) is 34.9 Å². The Kier molecular flexibility index (Phi) is 21.2. The van der Waals surface area contributed by atoms with Crippen LogP contribution in [0, 0.1) is 30.1 Å². The van der Waals surface area contributed by atoms with Gasteiger partial charge in [0.15, 0.2) is 29.1 Å². The predicted octanol–water partition coefficient (Wildman–Crippen LogP) is 8.37. The lowest BCUT2D eigenvalue weighted by atomic mass is 9.90. The second-order valence-corrected chi connectivity index (χ2v) is 18.3. The number of benzene rings is 2. The first-order valence-corrected chi connectivity index (χ1v) is 23.7. The molecule has 2 aromatic carbocycles. The summed E-state index contributed by atoms with van der Waals surface area (Å²) in [5.41, 5.74) is 12.3. The molecule has 5 aromatic heterocycles. The van der Waals surface area contributed by atoms with Crippen molar-refractivity contribution in [1.29, 1.82) is 5.41 Å². The number of nitrogen functional groups attached to an aromatic ring is 1. The highest BCUT2D eigenvalue weighted by molar-refractivity contribution is 9.09. The zero-order valence-corrected chi connectivity index (χ0v) is 44.0. The highest BCUT2D eigenvalue weighted by Gasteiger charge is 2.28. The van der Waals surface area contributed by atoms with Crippen molar-refractivity contribution in [3.8, 4) is 62.7 Å². The SMILES string of the molecule is CC(=O)C(C)(C)COc1cc(C)c(-c2cnc(C(=N)N)nc2)cn1.CC(=O)O.COc1ccc(-c2cnc(-c3ncc(-c4cnc(OCC(C)(C)C(=O)O)cc4C)cn3)[nH]2)cc1.O=C(CBr)c1ccc(CO)cc1. The molecule has 0 saturated carbocycles. The third-order valence-electron chi connectivity index (χ3n) is 10.8. The molecule has 0 fully saturated rings. The zero-order valence-electron chi connectivity index (χ0n) is 42.4. The van der Waals surface area contributed by atoms with Gasteiger partial charge in [0, 0.05) is 84.1 Å². The van der Waals surface area contributed by atoms with E-state index in [0.29, 0.717) is 34.3 Å². The molecule has 0 spiro atoms. The first-order chi connectivity index (χ1) is 35.0. The maximum atomic E-state index is 11.5. The molecule has 0 aliphatic heterocycles. The number of rotatable bonds is 17. The molecule has 7 N–H and O–H groups in total. The number of halogens is 1. The van der Waals surface area contributed by atoms with Crippen LogP contribution in [0.3, 0.4) is 0 Å². The lowest BCUT2D eigenvalue weighted by molar-refractivity contribution is -0.148. The molecule has 0 aliphatic rings. The van der Waals surface area contributed by atoms with E-state index in [0.717, 1.165) is 62.9 Å². The fourth-order valence-electron chi connectivity index (χ4n) is 5.92. The molecule has 0 atom stereocenters. The Hall–Kier alpha value is -8.30. The van der Waals surface area contributed by atoms with Gasteiger partial charge < -0.3 is 40.2 Å². The van der Waals surface area contributed by atoms with Gasteiger partial charge in [-0.3, -0.25) is 24.6 Å². The third-order valence-corrected chi connectivity index (χ3v) is 11.3. The van der Waals surface area contributed by atoms with Crippen molar-refractivity contribution in [3.05, 3.63) is 132 Å². The molecular formula is C53H59BrN10O10. The second-order valence-electron chi connectivity index (χ2n) is 17.7. The number of amidine groups is 1. The van der Waals surface area contributed by atoms with Crippen molar-refractivity contribution in [2.45, 2.75) is 62.0 Å². The number of aliphatic hydroxyl groups is 1. The summed E-state index contributed by atoms with van der Waals surface area (Å²) in [5.74, 6) is 1.05. The Balaban J connectivity index is 0.000000256. The molecule has 0 radical (unpaired) electrons. The maximum absolute atomic E-state index is 11.5. The van der Waals surface area contributed by atoms with Crippen LogP contribution in [0.4, 0.5) is 0 Å². The summed E-state index contributed by atoms with van der Waals surface area (Å²) >= 11 is 3.09. The van der Waals surface area contributed by atoms with Crippen molar-refractivity contribution in [1.82, 2.24) is 39.9 Å². The number of aryl methyl sites for hydroxylation is 2. The van der Waals surface area contributed by atoms with E-state index in [1.54, 1.807) is 102 Å². The maximum Gasteiger partial charge on any atom is 0.312 e. The Morgan fingerprint density at radius 2 is 1.18 bits per heavy atom. The summed E-state index contributed by atoms with van der Waals surface area (Å²) in [4.78, 5) is 76.2. The number of carbonyl (C=O) groups excluding carboxylic acids is 2. The number of alkyl halides is 1. The summed E-state index contributed by atoms with van der Waals surface area (Å²) in [6.07, 6.45) is 11.7. The average Bonchev–Trinajstić information content (AvgIpc) is 3.88. The summed E-state index contributed by atoms with van der Waals surface area (Å²) in [5, 5.41) is 33.0. The minimum Gasteiger partial charge on any atom is -0.497 e. The molecule has 0 bridgehead atoms. The topological polar surface area (TPSA) is 313 Å². The van der Waals surface area contributed by atoms with Gasteiger partial charge in [0.25, 0.3) is 5.97 Å². The number of carbonyl (C=O) groups is 4. The minimum absolute atomic E-state index is 0.0166. The van der Waals surface area contributed by atoms with Gasteiger partial charge >= 0.3 is 5.97 Å². The summed E-state index contributed by atoms with van der Waals surface area (Å²) in [6.45, 7) is 13.7. The lowest BCUT2D eigenvalue weighted by Crippen LogP contribution is -2.30. The number of hydrogen-bond donors (Lipinski definition) is 6. The summed E-state index contributed by atoms with van der Waals surface area (Å²) < 4.78 is 16.4. The van der Waals surface area contributed by atoms with E-state index in [1.807, 2.05) is 58.0 Å². The largest absolute Gasteiger partial charge is 0.497 e. The van der Waals surface area contributed by atoms with Crippen LogP contribution in [0.5, 0.6) is 17.5 Å². The Morgan fingerprint density at radius 1 is 0.689 bits per heavy atom. The fraction of sp³-hybridized carbons (Fsp3) is 0.283. The first kappa shape index (κ1) is 58.3. The van der Waals surface area contributed by atoms with Crippen LogP contribution in [-0.2, 0) is 21.0 Å². The summed E-state index contributed by atoms with van der Waals surface area (Å²) in [7, 11) is 1.63. The minimum atomic E-state index is -1.00. The average molecular weight is 1080 g/mol. The molecule has 388 valence electrons. The molecule has 21 heteroatoms. The quantitative estimate of drug-likeness (QED) is 0.0216. The molecule has 0 amide bonds. The van der Waals surface area contributed by atoms with Crippen LogP contribution < -0.4 is 19.9 Å². The molecule has 7 rings (SSSR count). The molecule has 0 aliphatic carbocycles. The van der Waals surface area contributed by atoms with Crippen molar-refractivity contribution in [2.24, 2.45) is 16.6 Å². The number of ether oxygens (including phenoxy) is 3. The molecule has 5 heterocycles. The highest BCUT2D eigenvalue weighted by atomic mass is 79.9. The molecule has 74 heavy (non-hydrogen) atoms. The normalized spacial score (nSPS) is 10.7. The first-order valence-electron chi connectivity index (χ1n) is 22.6. The number of H-pyrrole nitrogens is 1. The number of hydrogen-bond acceptors (Lipinski definition) is 16. The van der Waals surface area contributed by atoms with Crippen LogP contribution >= 0.6 is 15.9 Å². The lowest BCUT2D eigenvalue weighted by Gasteiger charge is -2.21. The van der Waals surface area contributed by atoms with Gasteiger partial charge in [0.2, 0.25) is 11.8 Å². The Bertz CT molecular complexity index is 3020. The van der Waals surface area contributed by atoms with Crippen LogP contribution in [0.25, 0.3) is 45.2 Å². The fourth-order valence-corrected chi connectivity index (χ4v) is 6.24. The molecule has 0 unspecified atom stereocenters. The van der Waals surface area contributed by atoms with Gasteiger partial charge in [0.05, 0.1) is 41.8 Å². The number of aliphatic carboxylic acids is 2. The number of pyridine rings is 2. The number of aromatic nitrogens is 8. The van der Waals surface area contributed by atoms with Crippen molar-refractivity contribution in [2.75, 3.05) is 25.7 Å². The van der Waals surface area contributed by atoms with Gasteiger partial charge in [0.1, 0.15) is 24.7 Å². The van der Waals surface area contributed by atoms with Crippen molar-refractivity contribution < 1.29 is 48.7 Å². The molecule has 0 saturated heterocycles. The highest BCUT2D eigenvalue weighted by Crippen LogP contribution is 2.28. The summed E-state index contributed by atoms with van der Waals surface area (Å²) in [6, 6.07) is 18.2. The van der Waals surface area contributed by atoms with E-state index < -0.39 is 22.8 Å². The van der Waals surface area contributed by atoms with E-state index in [4.69, 9.17) is 40.4 Å². The number of carboxylic acid groups (broad SMARTS) is 2. The van der Waals surface area contributed by atoms with Crippen LogP contribution in [0.1, 0.15) is 74.4 Å². The third kappa shape index (κ3) is 17.2. The smallest absolute Gasteiger partial charge is 0.312 e. The van der Waals surface area contributed by atoms with E-state index >= 15 is 0 Å². The van der Waals surface area contributed by atoms with Gasteiger partial charge in [-0.1, -0.05) is 40.2 Å². The molecular weight excluding hydrogens is 1020 g/mol. The number of ketones is 2. The number of imidazole rings is 1. The predicted molar refractivity (Wildman–Crippen MR) is 281 cm³/mol. The Labute approximate surface area is 436 Å². The van der Waals surface area contributed by atoms with Crippen LogP contribution in [0.2, 0.25) is 0 Å². The van der Waals surface area contributed by atoms with Gasteiger partial charge in [-0.2, -0.15) is 0 Å². The van der Waals surface area contributed by atoms with Crippen LogP contribution in [0.15, 0.2) is 104 Å². The Morgan fingerprint density at radius 3 is 1.59 bits per heavy atom.